The van der Waals surface area contributed by atoms with Gasteiger partial charge in [-0.25, -0.2) is 0 Å². The second-order valence-corrected chi connectivity index (χ2v) is 9.55. The Morgan fingerprint density at radius 3 is 2.14 bits per heavy atom. The lowest BCUT2D eigenvalue weighted by molar-refractivity contribution is -0.143. The first-order valence-corrected chi connectivity index (χ1v) is 13.2. The number of carbonyl (C=O) groups is 1. The SMILES string of the molecule is CCCCCCC[C@H](/C=C\CCCCCCCC(=O)OCCCCC)S(=O)(=O)O. The summed E-state index contributed by atoms with van der Waals surface area (Å²) in [7, 11) is -4.01. The molecule has 0 amide bonds. The van der Waals surface area contributed by atoms with Gasteiger partial charge in [0.25, 0.3) is 10.1 Å². The van der Waals surface area contributed by atoms with Crippen LogP contribution in [-0.2, 0) is 19.6 Å². The van der Waals surface area contributed by atoms with Crippen LogP contribution in [0.15, 0.2) is 12.2 Å². The van der Waals surface area contributed by atoms with Crippen molar-refractivity contribution < 1.29 is 22.5 Å². The summed E-state index contributed by atoms with van der Waals surface area (Å²) >= 11 is 0. The quantitative estimate of drug-likeness (QED) is 0.101. The van der Waals surface area contributed by atoms with E-state index in [1.807, 2.05) is 6.08 Å². The van der Waals surface area contributed by atoms with Gasteiger partial charge in [-0.15, -0.1) is 0 Å². The zero-order valence-corrected chi connectivity index (χ0v) is 19.6. The molecule has 6 heteroatoms. The molecule has 0 saturated heterocycles. The van der Waals surface area contributed by atoms with Crippen LogP contribution in [0.3, 0.4) is 0 Å². The van der Waals surface area contributed by atoms with Gasteiger partial charge >= 0.3 is 5.97 Å². The second kappa shape index (κ2) is 19.1. The molecule has 0 radical (unpaired) electrons. The monoisotopic (exact) mass is 432 g/mol. The molecule has 0 rings (SSSR count). The van der Waals surface area contributed by atoms with Crippen LogP contribution in [0.4, 0.5) is 0 Å². The average Bonchev–Trinajstić information content (AvgIpc) is 2.67. The molecule has 5 nitrogen and oxygen atoms in total. The Hall–Kier alpha value is -0.880. The largest absolute Gasteiger partial charge is 0.466 e. The highest BCUT2D eigenvalue weighted by molar-refractivity contribution is 7.86. The maximum Gasteiger partial charge on any atom is 0.305 e. The topological polar surface area (TPSA) is 80.7 Å². The maximum atomic E-state index is 11.6. The third-order valence-corrected chi connectivity index (χ3v) is 6.25. The van der Waals surface area contributed by atoms with Gasteiger partial charge in [-0.05, 0) is 32.1 Å². The molecule has 1 atom stereocenters. The molecule has 0 aliphatic heterocycles. The molecule has 0 bridgehead atoms. The van der Waals surface area contributed by atoms with Gasteiger partial charge in [0.2, 0.25) is 0 Å². The van der Waals surface area contributed by atoms with E-state index in [1.54, 1.807) is 6.08 Å². The van der Waals surface area contributed by atoms with Crippen molar-refractivity contribution in [2.45, 2.75) is 122 Å². The number of allylic oxidation sites excluding steroid dienone is 1. The summed E-state index contributed by atoms with van der Waals surface area (Å²) in [5.41, 5.74) is 0. The van der Waals surface area contributed by atoms with Crippen molar-refractivity contribution in [2.24, 2.45) is 0 Å². The number of hydrogen-bond donors (Lipinski definition) is 1. The van der Waals surface area contributed by atoms with E-state index in [1.165, 1.54) is 6.42 Å². The third-order valence-electron chi connectivity index (χ3n) is 5.09. The van der Waals surface area contributed by atoms with E-state index in [9.17, 15) is 17.8 Å². The van der Waals surface area contributed by atoms with Crippen LogP contribution in [0.2, 0.25) is 0 Å². The summed E-state index contributed by atoms with van der Waals surface area (Å²) in [4.78, 5) is 11.6. The molecule has 0 fully saturated rings. The van der Waals surface area contributed by atoms with E-state index in [2.05, 4.69) is 13.8 Å². The summed E-state index contributed by atoms with van der Waals surface area (Å²) < 4.78 is 37.6. The third kappa shape index (κ3) is 18.9. The van der Waals surface area contributed by atoms with Crippen molar-refractivity contribution in [1.82, 2.24) is 0 Å². The Labute approximate surface area is 179 Å². The fourth-order valence-electron chi connectivity index (χ4n) is 3.21. The van der Waals surface area contributed by atoms with E-state index < -0.39 is 15.4 Å². The van der Waals surface area contributed by atoms with Gasteiger partial charge in [0, 0.05) is 6.42 Å². The van der Waals surface area contributed by atoms with Gasteiger partial charge in [0.1, 0.15) is 5.25 Å². The zero-order chi connectivity index (χ0) is 21.8. The lowest BCUT2D eigenvalue weighted by atomic mass is 10.1. The minimum Gasteiger partial charge on any atom is -0.466 e. The average molecular weight is 433 g/mol. The minimum atomic E-state index is -4.01. The van der Waals surface area contributed by atoms with Crippen LogP contribution in [-0.4, -0.2) is 30.8 Å². The van der Waals surface area contributed by atoms with Crippen molar-refractivity contribution in [3.63, 3.8) is 0 Å². The number of ether oxygens (including phenoxy) is 1. The Morgan fingerprint density at radius 1 is 0.862 bits per heavy atom. The molecular formula is C23H44O5S. The molecule has 0 heterocycles. The Bertz CT molecular complexity index is 513. The van der Waals surface area contributed by atoms with Gasteiger partial charge in [0.05, 0.1) is 6.61 Å². The predicted octanol–water partition coefficient (Wildman–Crippen LogP) is 6.62. The Morgan fingerprint density at radius 2 is 1.45 bits per heavy atom. The van der Waals surface area contributed by atoms with Gasteiger partial charge < -0.3 is 4.74 Å². The first-order valence-electron chi connectivity index (χ1n) is 11.7. The molecule has 0 unspecified atom stereocenters. The summed E-state index contributed by atoms with van der Waals surface area (Å²) in [6.07, 6.45) is 18.8. The van der Waals surface area contributed by atoms with Crippen molar-refractivity contribution in [2.75, 3.05) is 6.61 Å². The van der Waals surface area contributed by atoms with Crippen LogP contribution in [0.5, 0.6) is 0 Å². The van der Waals surface area contributed by atoms with E-state index in [0.29, 0.717) is 19.4 Å². The summed E-state index contributed by atoms with van der Waals surface area (Å²) in [5, 5.41) is -0.771. The van der Waals surface area contributed by atoms with E-state index in [4.69, 9.17) is 4.74 Å². The van der Waals surface area contributed by atoms with Gasteiger partial charge in [-0.2, -0.15) is 8.42 Å². The highest BCUT2D eigenvalue weighted by Crippen LogP contribution is 2.15. The normalized spacial score (nSPS) is 13.1. The molecule has 0 aromatic rings. The first-order chi connectivity index (χ1) is 13.9. The molecule has 0 aliphatic rings. The number of hydrogen-bond acceptors (Lipinski definition) is 4. The highest BCUT2D eigenvalue weighted by Gasteiger charge is 2.18. The molecule has 172 valence electrons. The van der Waals surface area contributed by atoms with Crippen molar-refractivity contribution >= 4 is 16.1 Å². The molecule has 0 spiro atoms. The number of esters is 1. The predicted molar refractivity (Wildman–Crippen MR) is 121 cm³/mol. The number of unbranched alkanes of at least 4 members (excludes halogenated alkanes) is 11. The van der Waals surface area contributed by atoms with Crippen LogP contribution >= 0.6 is 0 Å². The van der Waals surface area contributed by atoms with Crippen molar-refractivity contribution in [3.05, 3.63) is 12.2 Å². The lowest BCUT2D eigenvalue weighted by Gasteiger charge is -2.09. The molecule has 0 saturated carbocycles. The minimum absolute atomic E-state index is 0.0880. The standard InChI is InChI=1S/C23H44O5S/c1-3-5-7-11-14-18-22(29(25,26)27)19-15-12-9-8-10-13-16-20-23(24)28-21-17-6-4-2/h15,19,22H,3-14,16-18,20-21H2,1-2H3,(H,25,26,27)/b19-15-/t22-/m1/s1. The number of rotatable bonds is 20. The fourth-order valence-corrected chi connectivity index (χ4v) is 3.99. The molecule has 0 aliphatic carbocycles. The molecule has 0 aromatic carbocycles. The lowest BCUT2D eigenvalue weighted by Crippen LogP contribution is -2.17. The van der Waals surface area contributed by atoms with E-state index in [0.717, 1.165) is 83.5 Å². The summed E-state index contributed by atoms with van der Waals surface area (Å²) in [6, 6.07) is 0. The smallest absolute Gasteiger partial charge is 0.305 e. The zero-order valence-electron chi connectivity index (χ0n) is 18.7. The molecule has 1 N–H and O–H groups in total. The van der Waals surface area contributed by atoms with Crippen LogP contribution in [0.1, 0.15) is 117 Å². The Kier molecular flexibility index (Phi) is 18.5. The van der Waals surface area contributed by atoms with Gasteiger partial charge in [-0.3, -0.25) is 9.35 Å². The van der Waals surface area contributed by atoms with Crippen LogP contribution < -0.4 is 0 Å². The molecule has 0 aromatic heterocycles. The van der Waals surface area contributed by atoms with E-state index >= 15 is 0 Å². The molecular weight excluding hydrogens is 388 g/mol. The first kappa shape index (κ1) is 28.1. The summed E-state index contributed by atoms with van der Waals surface area (Å²) in [6.45, 7) is 4.82. The molecule has 29 heavy (non-hydrogen) atoms. The van der Waals surface area contributed by atoms with Crippen molar-refractivity contribution in [3.8, 4) is 0 Å². The second-order valence-electron chi connectivity index (χ2n) is 7.92. The summed E-state index contributed by atoms with van der Waals surface area (Å²) in [5.74, 6) is -0.0880. The van der Waals surface area contributed by atoms with Gasteiger partial charge in [0.15, 0.2) is 0 Å². The maximum absolute atomic E-state index is 11.6. The van der Waals surface area contributed by atoms with E-state index in [-0.39, 0.29) is 5.97 Å². The van der Waals surface area contributed by atoms with Crippen LogP contribution in [0.25, 0.3) is 0 Å². The fraction of sp³-hybridized carbons (Fsp3) is 0.870. The number of carbonyl (C=O) groups excluding carboxylic acids is 1. The van der Waals surface area contributed by atoms with Gasteiger partial charge in [-0.1, -0.05) is 90.2 Å². The highest BCUT2D eigenvalue weighted by atomic mass is 32.2. The van der Waals surface area contributed by atoms with Crippen LogP contribution in [0, 0.1) is 0 Å². The van der Waals surface area contributed by atoms with Crippen molar-refractivity contribution in [1.29, 1.82) is 0 Å². The Balaban J connectivity index is 3.76.